The van der Waals surface area contributed by atoms with Crippen LogP contribution >= 0.6 is 0 Å². The van der Waals surface area contributed by atoms with Gasteiger partial charge in [0.15, 0.2) is 0 Å². The van der Waals surface area contributed by atoms with Gasteiger partial charge in [-0.1, -0.05) is 6.42 Å². The normalized spacial score (nSPS) is 20.6. The number of likely N-dealkylation sites (tertiary alicyclic amines) is 1. The van der Waals surface area contributed by atoms with Gasteiger partial charge >= 0.3 is 6.09 Å². The molecule has 2 aromatic rings. The van der Waals surface area contributed by atoms with Crippen molar-refractivity contribution in [2.75, 3.05) is 55.7 Å². The molecule has 1 amide bonds. The van der Waals surface area contributed by atoms with Crippen molar-refractivity contribution in [3.63, 3.8) is 0 Å². The van der Waals surface area contributed by atoms with Gasteiger partial charge in [0.05, 0.1) is 25.0 Å². The summed E-state index contributed by atoms with van der Waals surface area (Å²) in [5, 5.41) is 0. The Morgan fingerprint density at radius 3 is 2.41 bits per heavy atom. The number of hydrogen-bond acceptors (Lipinski definition) is 6. The fraction of sp³-hybridized carbons (Fsp3) is 0.556. The first-order chi connectivity index (χ1) is 16.6. The number of aryl methyl sites for hydroxylation is 1. The van der Waals surface area contributed by atoms with Crippen LogP contribution in [0.2, 0.25) is 0 Å². The number of anilines is 2. The molecule has 7 heteroatoms. The second kappa shape index (κ2) is 10.2. The molecule has 1 spiro atoms. The van der Waals surface area contributed by atoms with Crippen LogP contribution in [0.15, 0.2) is 42.6 Å². The molecule has 0 bridgehead atoms. The Hall–Kier alpha value is -2.80. The molecule has 0 atom stereocenters. The molecule has 0 N–H and O–H groups in total. The zero-order valence-electron chi connectivity index (χ0n) is 20.2. The maximum Gasteiger partial charge on any atom is 0.415 e. The van der Waals surface area contributed by atoms with E-state index in [2.05, 4.69) is 39.0 Å². The van der Waals surface area contributed by atoms with Gasteiger partial charge in [0.1, 0.15) is 11.4 Å². The van der Waals surface area contributed by atoms with E-state index < -0.39 is 5.60 Å². The molecule has 3 fully saturated rings. The largest absolute Gasteiger partial charge is 0.494 e. The summed E-state index contributed by atoms with van der Waals surface area (Å²) < 4.78 is 11.9. The number of rotatable bonds is 7. The lowest BCUT2D eigenvalue weighted by molar-refractivity contribution is 0.0367. The van der Waals surface area contributed by atoms with Gasteiger partial charge < -0.3 is 19.3 Å². The zero-order chi connectivity index (χ0) is 23.4. The van der Waals surface area contributed by atoms with Gasteiger partial charge in [-0.3, -0.25) is 9.88 Å². The monoisotopic (exact) mass is 464 g/mol. The van der Waals surface area contributed by atoms with Crippen molar-refractivity contribution in [3.05, 3.63) is 48.3 Å². The highest BCUT2D eigenvalue weighted by atomic mass is 16.6. The van der Waals surface area contributed by atoms with Gasteiger partial charge in [-0.15, -0.1) is 0 Å². The fourth-order valence-electron chi connectivity index (χ4n) is 5.29. The summed E-state index contributed by atoms with van der Waals surface area (Å²) in [5.74, 6) is 0.933. The predicted octanol–water partition coefficient (Wildman–Crippen LogP) is 4.64. The number of aromatic nitrogens is 1. The lowest BCUT2D eigenvalue weighted by Gasteiger charge is -2.38. The van der Waals surface area contributed by atoms with Gasteiger partial charge in [-0.25, -0.2) is 4.79 Å². The second-order valence-corrected chi connectivity index (χ2v) is 9.88. The van der Waals surface area contributed by atoms with Crippen LogP contribution in [0.3, 0.4) is 0 Å². The summed E-state index contributed by atoms with van der Waals surface area (Å²) in [6, 6.07) is 12.3. The number of piperidine rings is 2. The van der Waals surface area contributed by atoms with Crippen LogP contribution in [0.25, 0.3) is 0 Å². The lowest BCUT2D eigenvalue weighted by atomic mass is 9.91. The molecule has 4 heterocycles. The highest BCUT2D eigenvalue weighted by molar-refractivity contribution is 5.90. The Morgan fingerprint density at radius 1 is 0.971 bits per heavy atom. The minimum Gasteiger partial charge on any atom is -0.494 e. The molecule has 3 aliphatic heterocycles. The number of hydrogen-bond donors (Lipinski definition) is 0. The topological polar surface area (TPSA) is 58.1 Å². The molecule has 3 aliphatic rings. The molecule has 7 nitrogen and oxygen atoms in total. The van der Waals surface area contributed by atoms with Crippen LogP contribution in [0, 0.1) is 6.92 Å². The summed E-state index contributed by atoms with van der Waals surface area (Å²) in [6.45, 7) is 8.65. The summed E-state index contributed by atoms with van der Waals surface area (Å²) >= 11 is 0. The van der Waals surface area contributed by atoms with Crippen molar-refractivity contribution < 1.29 is 14.3 Å². The van der Waals surface area contributed by atoms with Crippen LogP contribution in [0.1, 0.15) is 44.2 Å². The molecule has 1 aromatic carbocycles. The van der Waals surface area contributed by atoms with Crippen LogP contribution in [0.4, 0.5) is 16.2 Å². The van der Waals surface area contributed by atoms with E-state index in [1.807, 2.05) is 19.1 Å². The molecule has 0 saturated carbocycles. The summed E-state index contributed by atoms with van der Waals surface area (Å²) in [7, 11) is 0. The van der Waals surface area contributed by atoms with Gasteiger partial charge in [0.2, 0.25) is 0 Å². The van der Waals surface area contributed by atoms with E-state index in [1.54, 1.807) is 11.1 Å². The maximum atomic E-state index is 12.6. The number of nitrogens with zero attached hydrogens (tertiary/aromatic N) is 4. The van der Waals surface area contributed by atoms with Gasteiger partial charge in [0.25, 0.3) is 0 Å². The van der Waals surface area contributed by atoms with Crippen molar-refractivity contribution in [2.45, 2.75) is 51.0 Å². The van der Waals surface area contributed by atoms with Crippen LogP contribution in [-0.4, -0.2) is 67.5 Å². The van der Waals surface area contributed by atoms with E-state index in [4.69, 9.17) is 9.47 Å². The molecule has 0 unspecified atom stereocenters. The Kier molecular flexibility index (Phi) is 6.90. The van der Waals surface area contributed by atoms with E-state index in [1.165, 1.54) is 38.0 Å². The summed E-state index contributed by atoms with van der Waals surface area (Å²) in [6.07, 6.45) is 8.27. The van der Waals surface area contributed by atoms with E-state index >= 15 is 0 Å². The van der Waals surface area contributed by atoms with Crippen LogP contribution in [-0.2, 0) is 4.74 Å². The number of carbonyl (C=O) groups excluding carboxylic acids is 1. The van der Waals surface area contributed by atoms with Gasteiger partial charge in [-0.2, -0.15) is 0 Å². The fourth-order valence-corrected chi connectivity index (χ4v) is 5.29. The summed E-state index contributed by atoms with van der Waals surface area (Å²) in [4.78, 5) is 23.5. The van der Waals surface area contributed by atoms with Crippen molar-refractivity contribution in [1.82, 2.24) is 9.88 Å². The van der Waals surface area contributed by atoms with Crippen molar-refractivity contribution in [1.29, 1.82) is 0 Å². The summed E-state index contributed by atoms with van der Waals surface area (Å²) in [5.41, 5.74) is 2.53. The highest BCUT2D eigenvalue weighted by Gasteiger charge is 2.47. The Morgan fingerprint density at radius 2 is 1.71 bits per heavy atom. The average molecular weight is 465 g/mol. The Labute approximate surface area is 202 Å². The smallest absolute Gasteiger partial charge is 0.415 e. The molecule has 0 radical (unpaired) electrons. The molecule has 1 aromatic heterocycles. The first-order valence-corrected chi connectivity index (χ1v) is 12.7. The lowest BCUT2D eigenvalue weighted by Crippen LogP contribution is -2.47. The van der Waals surface area contributed by atoms with E-state index in [-0.39, 0.29) is 6.09 Å². The van der Waals surface area contributed by atoms with Crippen LogP contribution in [0.5, 0.6) is 5.75 Å². The molecule has 34 heavy (non-hydrogen) atoms. The van der Waals surface area contributed by atoms with Crippen molar-refractivity contribution in [2.24, 2.45) is 0 Å². The molecular formula is C27H36N4O3. The van der Waals surface area contributed by atoms with Crippen LogP contribution < -0.4 is 14.5 Å². The second-order valence-electron chi connectivity index (χ2n) is 9.88. The Bertz CT molecular complexity index is 949. The van der Waals surface area contributed by atoms with E-state index in [0.717, 1.165) is 62.6 Å². The van der Waals surface area contributed by atoms with E-state index in [0.29, 0.717) is 6.54 Å². The standard InChI is InChI=1S/C27H36N4O3/c1-22-6-7-24(20-28-22)31-21-27(34-26(31)32)12-17-30(18-13-27)23-8-10-25(11-9-23)33-19-5-16-29-14-3-2-4-15-29/h6-11,20H,2-5,12-19,21H2,1H3. The number of ether oxygens (including phenoxy) is 2. The first kappa shape index (κ1) is 23.0. The maximum absolute atomic E-state index is 12.6. The average Bonchev–Trinajstić information content (AvgIpc) is 3.19. The van der Waals surface area contributed by atoms with Crippen molar-refractivity contribution in [3.8, 4) is 5.75 Å². The third kappa shape index (κ3) is 5.30. The highest BCUT2D eigenvalue weighted by Crippen LogP contribution is 2.37. The molecule has 3 saturated heterocycles. The third-order valence-corrected chi connectivity index (χ3v) is 7.39. The van der Waals surface area contributed by atoms with Gasteiger partial charge in [0, 0.05) is 43.9 Å². The number of pyridine rings is 1. The number of carbonyl (C=O) groups is 1. The minimum atomic E-state index is -0.407. The van der Waals surface area contributed by atoms with Crippen molar-refractivity contribution >= 4 is 17.5 Å². The molecule has 182 valence electrons. The molecule has 5 rings (SSSR count). The Balaban J connectivity index is 1.09. The van der Waals surface area contributed by atoms with E-state index in [9.17, 15) is 4.79 Å². The zero-order valence-corrected chi connectivity index (χ0v) is 20.2. The molecule has 0 aliphatic carbocycles. The number of benzene rings is 1. The quantitative estimate of drug-likeness (QED) is 0.557. The third-order valence-electron chi connectivity index (χ3n) is 7.39. The minimum absolute atomic E-state index is 0.263. The first-order valence-electron chi connectivity index (χ1n) is 12.7. The SMILES string of the molecule is Cc1ccc(N2CC3(CCN(c4ccc(OCCCN5CCCCC5)cc4)CC3)OC2=O)cn1. The predicted molar refractivity (Wildman–Crippen MR) is 134 cm³/mol. The molecular weight excluding hydrogens is 428 g/mol. The van der Waals surface area contributed by atoms with Gasteiger partial charge in [-0.05, 0) is 75.7 Å². The number of amides is 1.